The number of benzene rings is 2. The molecule has 0 saturated carbocycles. The quantitative estimate of drug-likeness (QED) is 0.651. The van der Waals surface area contributed by atoms with Crippen LogP contribution in [-0.4, -0.2) is 25.6 Å². The second-order valence-corrected chi connectivity index (χ2v) is 9.13. The minimum atomic E-state index is -3.30. The first kappa shape index (κ1) is 18.8. The SMILES string of the molecule is CS(=O)(=O)c1ccc(C(=O)Nc2nc(-c3ccc(Cl)cc3Cl)cs2)cc1. The molecular formula is C17H12Cl2N2O3S2. The van der Waals surface area contributed by atoms with Crippen LogP contribution in [0.1, 0.15) is 10.4 Å². The van der Waals surface area contributed by atoms with Gasteiger partial charge in [-0.1, -0.05) is 23.2 Å². The molecule has 0 unspecified atom stereocenters. The summed E-state index contributed by atoms with van der Waals surface area (Å²) in [5.74, 6) is -0.381. The van der Waals surface area contributed by atoms with E-state index in [-0.39, 0.29) is 10.8 Å². The lowest BCUT2D eigenvalue weighted by Gasteiger charge is -2.03. The van der Waals surface area contributed by atoms with Crippen LogP contribution >= 0.6 is 34.5 Å². The third-order valence-corrected chi connectivity index (χ3v) is 5.91. The Hall–Kier alpha value is -1.93. The van der Waals surface area contributed by atoms with Gasteiger partial charge in [-0.25, -0.2) is 13.4 Å². The number of sulfone groups is 1. The Balaban J connectivity index is 1.77. The van der Waals surface area contributed by atoms with Crippen molar-refractivity contribution in [1.29, 1.82) is 0 Å². The Kier molecular flexibility index (Phi) is 5.34. The summed E-state index contributed by atoms with van der Waals surface area (Å²) in [5.41, 5.74) is 1.67. The predicted octanol–water partition coefficient (Wildman–Crippen LogP) is 4.77. The zero-order chi connectivity index (χ0) is 18.9. The van der Waals surface area contributed by atoms with E-state index in [1.54, 1.807) is 23.6 Å². The van der Waals surface area contributed by atoms with E-state index >= 15 is 0 Å². The maximum atomic E-state index is 12.3. The van der Waals surface area contributed by atoms with Crippen molar-refractivity contribution in [1.82, 2.24) is 4.98 Å². The van der Waals surface area contributed by atoms with Crippen molar-refractivity contribution in [2.45, 2.75) is 4.90 Å². The molecule has 1 N–H and O–H groups in total. The van der Waals surface area contributed by atoms with Crippen LogP contribution in [0.15, 0.2) is 52.7 Å². The van der Waals surface area contributed by atoms with Crippen molar-refractivity contribution in [2.24, 2.45) is 0 Å². The number of nitrogens with one attached hydrogen (secondary N) is 1. The van der Waals surface area contributed by atoms with Crippen LogP contribution in [-0.2, 0) is 9.84 Å². The molecule has 2 aromatic carbocycles. The maximum Gasteiger partial charge on any atom is 0.257 e. The fourth-order valence-corrected chi connectivity index (χ4v) is 4.02. The summed E-state index contributed by atoms with van der Waals surface area (Å²) in [6, 6.07) is 10.8. The summed E-state index contributed by atoms with van der Waals surface area (Å²) >= 11 is 13.3. The molecule has 0 aliphatic carbocycles. The highest BCUT2D eigenvalue weighted by Gasteiger charge is 2.13. The number of nitrogens with zero attached hydrogens (tertiary/aromatic N) is 1. The first-order chi connectivity index (χ1) is 12.2. The van der Waals surface area contributed by atoms with Gasteiger partial charge in [0.25, 0.3) is 5.91 Å². The molecule has 1 amide bonds. The summed E-state index contributed by atoms with van der Waals surface area (Å²) in [5, 5.41) is 5.87. The molecule has 3 rings (SSSR count). The van der Waals surface area contributed by atoms with Gasteiger partial charge in [0.1, 0.15) is 0 Å². The molecule has 1 heterocycles. The highest BCUT2D eigenvalue weighted by molar-refractivity contribution is 7.90. The number of amides is 1. The topological polar surface area (TPSA) is 76.1 Å². The number of aromatic nitrogens is 1. The van der Waals surface area contributed by atoms with Gasteiger partial charge in [-0.15, -0.1) is 11.3 Å². The van der Waals surface area contributed by atoms with E-state index in [0.29, 0.717) is 32.0 Å². The molecule has 0 bridgehead atoms. The predicted molar refractivity (Wildman–Crippen MR) is 105 cm³/mol. The van der Waals surface area contributed by atoms with E-state index in [4.69, 9.17) is 23.2 Å². The molecule has 0 fully saturated rings. The number of hydrogen-bond acceptors (Lipinski definition) is 5. The normalized spacial score (nSPS) is 11.3. The molecule has 1 aromatic heterocycles. The van der Waals surface area contributed by atoms with Crippen molar-refractivity contribution in [3.63, 3.8) is 0 Å². The summed E-state index contributed by atoms with van der Waals surface area (Å²) in [7, 11) is -3.30. The number of thiazole rings is 1. The summed E-state index contributed by atoms with van der Waals surface area (Å²) in [4.78, 5) is 16.8. The summed E-state index contributed by atoms with van der Waals surface area (Å²) in [6.07, 6.45) is 1.11. The number of anilines is 1. The van der Waals surface area contributed by atoms with Gasteiger partial charge in [0.15, 0.2) is 15.0 Å². The Morgan fingerprint density at radius 2 is 1.81 bits per heavy atom. The van der Waals surface area contributed by atoms with Gasteiger partial charge in [-0.2, -0.15) is 0 Å². The van der Waals surface area contributed by atoms with Gasteiger partial charge in [0, 0.05) is 27.8 Å². The molecule has 0 saturated heterocycles. The van der Waals surface area contributed by atoms with Crippen molar-refractivity contribution in [2.75, 3.05) is 11.6 Å². The van der Waals surface area contributed by atoms with Crippen LogP contribution in [0.25, 0.3) is 11.3 Å². The summed E-state index contributed by atoms with van der Waals surface area (Å²) in [6.45, 7) is 0. The average molecular weight is 427 g/mol. The van der Waals surface area contributed by atoms with Crippen LogP contribution in [0.5, 0.6) is 0 Å². The fraction of sp³-hybridized carbons (Fsp3) is 0.0588. The molecule has 0 aliphatic heterocycles. The van der Waals surface area contributed by atoms with Crippen molar-refractivity contribution in [3.05, 3.63) is 63.5 Å². The van der Waals surface area contributed by atoms with E-state index in [2.05, 4.69) is 10.3 Å². The lowest BCUT2D eigenvalue weighted by molar-refractivity contribution is 0.102. The minimum absolute atomic E-state index is 0.156. The van der Waals surface area contributed by atoms with E-state index in [9.17, 15) is 13.2 Å². The largest absolute Gasteiger partial charge is 0.298 e. The Bertz CT molecular complexity index is 1080. The smallest absolute Gasteiger partial charge is 0.257 e. The molecule has 0 aliphatic rings. The molecule has 5 nitrogen and oxygen atoms in total. The Labute approximate surface area is 164 Å². The molecule has 9 heteroatoms. The Morgan fingerprint density at radius 3 is 2.42 bits per heavy atom. The highest BCUT2D eigenvalue weighted by Crippen LogP contribution is 2.32. The van der Waals surface area contributed by atoms with Crippen LogP contribution in [0.4, 0.5) is 5.13 Å². The van der Waals surface area contributed by atoms with Crippen molar-refractivity contribution >= 4 is 55.4 Å². The van der Waals surface area contributed by atoms with Gasteiger partial charge in [0.2, 0.25) is 0 Å². The number of carbonyl (C=O) groups excluding carboxylic acids is 1. The molecular weight excluding hydrogens is 415 g/mol. The van der Waals surface area contributed by atoms with Gasteiger partial charge in [-0.3, -0.25) is 10.1 Å². The van der Waals surface area contributed by atoms with Gasteiger partial charge in [-0.05, 0) is 42.5 Å². The lowest BCUT2D eigenvalue weighted by atomic mass is 10.2. The molecule has 0 atom stereocenters. The highest BCUT2D eigenvalue weighted by atomic mass is 35.5. The maximum absolute atomic E-state index is 12.3. The average Bonchev–Trinajstić information content (AvgIpc) is 3.02. The monoisotopic (exact) mass is 426 g/mol. The third-order valence-electron chi connectivity index (χ3n) is 3.48. The van der Waals surface area contributed by atoms with E-state index in [0.717, 1.165) is 6.26 Å². The number of rotatable bonds is 4. The van der Waals surface area contributed by atoms with Gasteiger partial charge >= 0.3 is 0 Å². The van der Waals surface area contributed by atoms with E-state index < -0.39 is 9.84 Å². The molecule has 3 aromatic rings. The second-order valence-electron chi connectivity index (χ2n) is 5.41. The number of halogens is 2. The van der Waals surface area contributed by atoms with E-state index in [1.165, 1.54) is 35.6 Å². The Morgan fingerprint density at radius 1 is 1.12 bits per heavy atom. The number of hydrogen-bond donors (Lipinski definition) is 1. The lowest BCUT2D eigenvalue weighted by Crippen LogP contribution is -2.12. The summed E-state index contributed by atoms with van der Waals surface area (Å²) < 4.78 is 22.9. The molecule has 0 spiro atoms. The fourth-order valence-electron chi connectivity index (χ4n) is 2.17. The van der Waals surface area contributed by atoms with Crippen LogP contribution in [0.3, 0.4) is 0 Å². The minimum Gasteiger partial charge on any atom is -0.298 e. The van der Waals surface area contributed by atoms with Gasteiger partial charge in [0.05, 0.1) is 15.6 Å². The number of carbonyl (C=O) groups is 1. The zero-order valence-corrected chi connectivity index (χ0v) is 16.5. The molecule has 0 radical (unpaired) electrons. The van der Waals surface area contributed by atoms with Crippen LogP contribution in [0, 0.1) is 0 Å². The van der Waals surface area contributed by atoms with Crippen molar-refractivity contribution < 1.29 is 13.2 Å². The first-order valence-corrected chi connectivity index (χ1v) is 10.8. The van der Waals surface area contributed by atoms with Gasteiger partial charge < -0.3 is 0 Å². The van der Waals surface area contributed by atoms with Crippen molar-refractivity contribution in [3.8, 4) is 11.3 Å². The third kappa shape index (κ3) is 4.24. The molecule has 26 heavy (non-hydrogen) atoms. The standard InChI is InChI=1S/C17H12Cl2N2O3S2/c1-26(23,24)12-5-2-10(3-6-12)16(22)21-17-20-15(9-25-17)13-7-4-11(18)8-14(13)19/h2-9H,1H3,(H,20,21,22). The zero-order valence-electron chi connectivity index (χ0n) is 13.4. The van der Waals surface area contributed by atoms with Crippen LogP contribution in [0.2, 0.25) is 10.0 Å². The molecule has 134 valence electrons. The second kappa shape index (κ2) is 7.36. The first-order valence-electron chi connectivity index (χ1n) is 7.26. The van der Waals surface area contributed by atoms with Crippen LogP contribution < -0.4 is 5.32 Å². The van der Waals surface area contributed by atoms with E-state index in [1.807, 2.05) is 0 Å².